The van der Waals surface area contributed by atoms with Crippen LogP contribution < -0.4 is 5.32 Å². The average molecular weight is 212 g/mol. The molecule has 88 valence electrons. The van der Waals surface area contributed by atoms with Gasteiger partial charge in [-0.3, -0.25) is 4.90 Å². The van der Waals surface area contributed by atoms with Crippen molar-refractivity contribution < 1.29 is 4.74 Å². The summed E-state index contributed by atoms with van der Waals surface area (Å²) < 4.78 is 5.64. The molecule has 2 rings (SSSR count). The molecular formula is C12H24N2O. The SMILES string of the molecule is CNCC1CCN(C2(C)CCCOC2)C1. The van der Waals surface area contributed by atoms with Crippen LogP contribution in [0.4, 0.5) is 0 Å². The highest BCUT2D eigenvalue weighted by Crippen LogP contribution is 2.30. The van der Waals surface area contributed by atoms with Crippen LogP contribution in [0, 0.1) is 5.92 Å². The summed E-state index contributed by atoms with van der Waals surface area (Å²) in [6.07, 6.45) is 3.87. The molecule has 15 heavy (non-hydrogen) atoms. The van der Waals surface area contributed by atoms with Crippen LogP contribution in [0.1, 0.15) is 26.2 Å². The molecule has 2 aliphatic rings. The Morgan fingerprint density at radius 3 is 3.07 bits per heavy atom. The quantitative estimate of drug-likeness (QED) is 0.758. The molecule has 2 aliphatic heterocycles. The summed E-state index contributed by atoms with van der Waals surface area (Å²) in [5, 5.41) is 3.29. The van der Waals surface area contributed by atoms with Crippen molar-refractivity contribution in [2.24, 2.45) is 5.92 Å². The highest BCUT2D eigenvalue weighted by atomic mass is 16.5. The topological polar surface area (TPSA) is 24.5 Å². The van der Waals surface area contributed by atoms with Crippen molar-refractivity contribution in [1.29, 1.82) is 0 Å². The maximum Gasteiger partial charge on any atom is 0.0647 e. The summed E-state index contributed by atoms with van der Waals surface area (Å²) in [6, 6.07) is 0. The predicted molar refractivity (Wildman–Crippen MR) is 62.1 cm³/mol. The molecule has 0 bridgehead atoms. The molecule has 1 N–H and O–H groups in total. The van der Waals surface area contributed by atoms with Gasteiger partial charge in [0.25, 0.3) is 0 Å². The lowest BCUT2D eigenvalue weighted by atomic mass is 9.93. The molecule has 2 atom stereocenters. The van der Waals surface area contributed by atoms with E-state index in [4.69, 9.17) is 4.74 Å². The van der Waals surface area contributed by atoms with Gasteiger partial charge in [0.05, 0.1) is 6.61 Å². The Balaban J connectivity index is 1.88. The van der Waals surface area contributed by atoms with E-state index in [1.54, 1.807) is 0 Å². The summed E-state index contributed by atoms with van der Waals surface area (Å²) in [7, 11) is 2.05. The molecule has 3 heteroatoms. The van der Waals surface area contributed by atoms with E-state index in [2.05, 4.69) is 17.1 Å². The summed E-state index contributed by atoms with van der Waals surface area (Å²) in [4.78, 5) is 2.65. The molecule has 0 spiro atoms. The maximum atomic E-state index is 5.64. The van der Waals surface area contributed by atoms with Gasteiger partial charge in [-0.05, 0) is 52.2 Å². The lowest BCUT2D eigenvalue weighted by Gasteiger charge is -2.41. The molecule has 2 saturated heterocycles. The minimum atomic E-state index is 0.320. The van der Waals surface area contributed by atoms with Crippen molar-refractivity contribution in [2.75, 3.05) is 39.9 Å². The molecule has 0 aliphatic carbocycles. The highest BCUT2D eigenvalue weighted by Gasteiger charge is 2.38. The number of hydrogen-bond acceptors (Lipinski definition) is 3. The average Bonchev–Trinajstić information content (AvgIpc) is 2.69. The van der Waals surface area contributed by atoms with Gasteiger partial charge in [-0.25, -0.2) is 0 Å². The Hall–Kier alpha value is -0.120. The lowest BCUT2D eigenvalue weighted by molar-refractivity contribution is -0.0314. The van der Waals surface area contributed by atoms with Gasteiger partial charge >= 0.3 is 0 Å². The Labute approximate surface area is 93.2 Å². The minimum absolute atomic E-state index is 0.320. The zero-order valence-corrected chi connectivity index (χ0v) is 10.1. The summed E-state index contributed by atoms with van der Waals surface area (Å²) in [5.74, 6) is 0.841. The second kappa shape index (κ2) is 4.81. The Kier molecular flexibility index (Phi) is 3.65. The van der Waals surface area contributed by atoms with E-state index in [0.717, 1.165) is 25.7 Å². The van der Waals surface area contributed by atoms with Crippen molar-refractivity contribution >= 4 is 0 Å². The molecule has 2 heterocycles. The number of nitrogens with one attached hydrogen (secondary N) is 1. The number of ether oxygens (including phenoxy) is 1. The molecule has 0 amide bonds. The van der Waals surface area contributed by atoms with Crippen molar-refractivity contribution in [3.8, 4) is 0 Å². The summed E-state index contributed by atoms with van der Waals surface area (Å²) in [6.45, 7) is 7.93. The zero-order valence-electron chi connectivity index (χ0n) is 10.1. The first-order valence-corrected chi connectivity index (χ1v) is 6.22. The molecule has 0 radical (unpaired) electrons. The van der Waals surface area contributed by atoms with Crippen molar-refractivity contribution in [3.63, 3.8) is 0 Å². The third-order valence-corrected chi connectivity index (χ3v) is 3.96. The normalized spacial score (nSPS) is 38.4. The van der Waals surface area contributed by atoms with Crippen LogP contribution in [0.3, 0.4) is 0 Å². The molecule has 0 saturated carbocycles. The number of rotatable bonds is 3. The Morgan fingerprint density at radius 1 is 1.53 bits per heavy atom. The largest absolute Gasteiger partial charge is 0.380 e. The standard InChI is InChI=1S/C12H24N2O/c1-12(5-3-7-15-10-12)14-6-4-11(9-14)8-13-2/h11,13H,3-10H2,1-2H3. The van der Waals surface area contributed by atoms with Crippen molar-refractivity contribution in [2.45, 2.75) is 31.7 Å². The Morgan fingerprint density at radius 2 is 2.40 bits per heavy atom. The van der Waals surface area contributed by atoms with Crippen LogP contribution in [-0.4, -0.2) is 50.3 Å². The van der Waals surface area contributed by atoms with Gasteiger partial charge in [-0.15, -0.1) is 0 Å². The van der Waals surface area contributed by atoms with E-state index in [-0.39, 0.29) is 0 Å². The number of nitrogens with zero attached hydrogens (tertiary/aromatic N) is 1. The second-order valence-corrected chi connectivity index (χ2v) is 5.31. The molecule has 0 aromatic rings. The predicted octanol–water partition coefficient (Wildman–Crippen LogP) is 1.10. The fraction of sp³-hybridized carbons (Fsp3) is 1.00. The number of hydrogen-bond donors (Lipinski definition) is 1. The number of likely N-dealkylation sites (tertiary alicyclic amines) is 1. The minimum Gasteiger partial charge on any atom is -0.380 e. The molecule has 0 aromatic carbocycles. The Bertz CT molecular complexity index is 202. The van der Waals surface area contributed by atoms with Gasteiger partial charge in [0, 0.05) is 18.7 Å². The van der Waals surface area contributed by atoms with Gasteiger partial charge in [-0.2, -0.15) is 0 Å². The van der Waals surface area contributed by atoms with Crippen molar-refractivity contribution in [3.05, 3.63) is 0 Å². The third-order valence-electron chi connectivity index (χ3n) is 3.96. The zero-order chi connectivity index (χ0) is 10.7. The van der Waals surface area contributed by atoms with E-state index < -0.39 is 0 Å². The van der Waals surface area contributed by atoms with Gasteiger partial charge < -0.3 is 10.1 Å². The van der Waals surface area contributed by atoms with Crippen molar-refractivity contribution in [1.82, 2.24) is 10.2 Å². The molecule has 3 nitrogen and oxygen atoms in total. The van der Waals surface area contributed by atoms with E-state index >= 15 is 0 Å². The first-order valence-electron chi connectivity index (χ1n) is 6.22. The first kappa shape index (κ1) is 11.4. The monoisotopic (exact) mass is 212 g/mol. The first-order chi connectivity index (χ1) is 7.24. The highest BCUT2D eigenvalue weighted by molar-refractivity contribution is 4.92. The van der Waals surface area contributed by atoms with E-state index in [1.807, 2.05) is 7.05 Å². The van der Waals surface area contributed by atoms with Crippen LogP contribution in [0.2, 0.25) is 0 Å². The van der Waals surface area contributed by atoms with E-state index in [1.165, 1.54) is 32.4 Å². The van der Waals surface area contributed by atoms with Crippen LogP contribution in [-0.2, 0) is 4.74 Å². The molecule has 0 aromatic heterocycles. The summed E-state index contributed by atoms with van der Waals surface area (Å²) >= 11 is 0. The van der Waals surface area contributed by atoms with E-state index in [0.29, 0.717) is 5.54 Å². The van der Waals surface area contributed by atoms with Crippen LogP contribution in [0.15, 0.2) is 0 Å². The van der Waals surface area contributed by atoms with E-state index in [9.17, 15) is 0 Å². The van der Waals surface area contributed by atoms with Gasteiger partial charge in [0.15, 0.2) is 0 Å². The van der Waals surface area contributed by atoms with Gasteiger partial charge in [0.2, 0.25) is 0 Å². The molecule has 2 unspecified atom stereocenters. The fourth-order valence-corrected chi connectivity index (χ4v) is 2.95. The molecular weight excluding hydrogens is 188 g/mol. The smallest absolute Gasteiger partial charge is 0.0647 e. The van der Waals surface area contributed by atoms with Crippen LogP contribution >= 0.6 is 0 Å². The molecule has 2 fully saturated rings. The third kappa shape index (κ3) is 2.52. The van der Waals surface area contributed by atoms with Crippen LogP contribution in [0.5, 0.6) is 0 Å². The fourth-order valence-electron chi connectivity index (χ4n) is 2.95. The van der Waals surface area contributed by atoms with Gasteiger partial charge in [0.1, 0.15) is 0 Å². The second-order valence-electron chi connectivity index (χ2n) is 5.31. The maximum absolute atomic E-state index is 5.64. The van der Waals surface area contributed by atoms with Gasteiger partial charge in [-0.1, -0.05) is 0 Å². The summed E-state index contributed by atoms with van der Waals surface area (Å²) in [5.41, 5.74) is 0.320. The van der Waals surface area contributed by atoms with Crippen LogP contribution in [0.25, 0.3) is 0 Å². The lowest BCUT2D eigenvalue weighted by Crippen LogP contribution is -2.51.